The summed E-state index contributed by atoms with van der Waals surface area (Å²) in [7, 11) is 0. The van der Waals surface area contributed by atoms with E-state index in [1.54, 1.807) is 6.20 Å². The molecule has 1 aromatic rings. The highest BCUT2D eigenvalue weighted by atomic mass is 16.6. The average Bonchev–Trinajstić information content (AvgIpc) is 2.61. The third-order valence-electron chi connectivity index (χ3n) is 2.60. The van der Waals surface area contributed by atoms with Gasteiger partial charge in [-0.3, -0.25) is 0 Å². The lowest BCUT2D eigenvalue weighted by Crippen LogP contribution is -2.26. The van der Waals surface area contributed by atoms with Crippen LogP contribution in [0.25, 0.3) is 0 Å². The van der Waals surface area contributed by atoms with Crippen molar-refractivity contribution in [2.24, 2.45) is 5.41 Å². The van der Waals surface area contributed by atoms with Crippen molar-refractivity contribution in [3.8, 4) is 0 Å². The Hall–Kier alpha value is -1.32. The van der Waals surface area contributed by atoms with E-state index in [9.17, 15) is 4.79 Å². The van der Waals surface area contributed by atoms with Gasteiger partial charge in [-0.2, -0.15) is 0 Å². The summed E-state index contributed by atoms with van der Waals surface area (Å²) in [5.41, 5.74) is 0.802. The van der Waals surface area contributed by atoms with Crippen LogP contribution in [0.1, 0.15) is 60.1 Å². The number of rotatable bonds is 3. The smallest absolute Gasteiger partial charge is 0.419 e. The van der Waals surface area contributed by atoms with E-state index in [1.165, 1.54) is 10.9 Å². The Morgan fingerprint density at radius 1 is 1.26 bits per heavy atom. The molecule has 0 saturated carbocycles. The van der Waals surface area contributed by atoms with Crippen LogP contribution in [0.4, 0.5) is 4.79 Å². The van der Waals surface area contributed by atoms with E-state index in [4.69, 9.17) is 4.74 Å². The van der Waals surface area contributed by atoms with Gasteiger partial charge >= 0.3 is 6.09 Å². The Labute approximate surface area is 116 Å². The van der Waals surface area contributed by atoms with Crippen molar-refractivity contribution in [2.45, 2.75) is 66.4 Å². The monoisotopic (exact) mass is 266 g/mol. The molecule has 0 saturated heterocycles. The molecule has 1 heterocycles. The van der Waals surface area contributed by atoms with Gasteiger partial charge in [0.2, 0.25) is 0 Å². The predicted molar refractivity (Wildman–Crippen MR) is 76.3 cm³/mol. The number of ether oxygens (including phenoxy) is 1. The van der Waals surface area contributed by atoms with Crippen molar-refractivity contribution in [2.75, 3.05) is 0 Å². The minimum atomic E-state index is -0.478. The number of nitrogens with zero attached hydrogens (tertiary/aromatic N) is 2. The summed E-state index contributed by atoms with van der Waals surface area (Å²) in [5, 5.41) is 0. The Balaban J connectivity index is 2.51. The highest BCUT2D eigenvalue weighted by molar-refractivity contribution is 5.70. The summed E-state index contributed by atoms with van der Waals surface area (Å²) in [4.78, 5) is 16.1. The van der Waals surface area contributed by atoms with Crippen LogP contribution in [-0.2, 0) is 11.2 Å². The maximum absolute atomic E-state index is 11.8. The van der Waals surface area contributed by atoms with Crippen LogP contribution >= 0.6 is 0 Å². The van der Waals surface area contributed by atoms with E-state index in [1.807, 2.05) is 20.8 Å². The third-order valence-corrected chi connectivity index (χ3v) is 2.60. The summed E-state index contributed by atoms with van der Waals surface area (Å²) in [5.74, 6) is 0. The molecular formula is C15H26N2O2. The summed E-state index contributed by atoms with van der Waals surface area (Å²) in [6.45, 7) is 12.2. The molecule has 0 bridgehead atoms. The topological polar surface area (TPSA) is 44.1 Å². The third kappa shape index (κ3) is 6.41. The van der Waals surface area contributed by atoms with E-state index in [0.29, 0.717) is 5.41 Å². The first-order valence-corrected chi connectivity index (χ1v) is 6.83. The number of aromatic nitrogens is 2. The van der Waals surface area contributed by atoms with E-state index < -0.39 is 5.60 Å². The summed E-state index contributed by atoms with van der Waals surface area (Å²) >= 11 is 0. The molecule has 0 aliphatic carbocycles. The molecule has 4 nitrogen and oxygen atoms in total. The predicted octanol–water partition coefficient (Wildman–Crippen LogP) is 4.04. The second-order valence-electron chi connectivity index (χ2n) is 7.17. The standard InChI is InChI=1S/C15H26N2O2/c1-14(2,3)9-7-8-12-10-17(11-16-12)13(18)19-15(4,5)6/h10-11H,7-9H2,1-6H3. The summed E-state index contributed by atoms with van der Waals surface area (Å²) < 4.78 is 6.69. The van der Waals surface area contributed by atoms with Crippen LogP contribution < -0.4 is 0 Å². The van der Waals surface area contributed by atoms with Gasteiger partial charge in [-0.05, 0) is 45.4 Å². The normalized spacial score (nSPS) is 12.5. The molecule has 19 heavy (non-hydrogen) atoms. The van der Waals surface area contributed by atoms with Crippen LogP contribution in [0, 0.1) is 5.41 Å². The van der Waals surface area contributed by atoms with Crippen LogP contribution in [0.2, 0.25) is 0 Å². The maximum Gasteiger partial charge on any atom is 0.419 e. The fraction of sp³-hybridized carbons (Fsp3) is 0.733. The largest absolute Gasteiger partial charge is 0.443 e. The van der Waals surface area contributed by atoms with Crippen molar-refractivity contribution in [3.63, 3.8) is 0 Å². The van der Waals surface area contributed by atoms with E-state index >= 15 is 0 Å². The van der Waals surface area contributed by atoms with Gasteiger partial charge < -0.3 is 4.74 Å². The second kappa shape index (κ2) is 5.76. The van der Waals surface area contributed by atoms with E-state index in [-0.39, 0.29) is 6.09 Å². The quantitative estimate of drug-likeness (QED) is 0.829. The zero-order chi connectivity index (χ0) is 14.7. The molecule has 4 heteroatoms. The molecule has 1 aromatic heterocycles. The first kappa shape index (κ1) is 15.7. The minimum Gasteiger partial charge on any atom is -0.443 e. The molecule has 1 rings (SSSR count). The molecule has 108 valence electrons. The number of aryl methyl sites for hydroxylation is 1. The average molecular weight is 266 g/mol. The van der Waals surface area contributed by atoms with Crippen molar-refractivity contribution in [1.82, 2.24) is 9.55 Å². The number of hydrogen-bond acceptors (Lipinski definition) is 3. The van der Waals surface area contributed by atoms with Crippen LogP contribution in [0.15, 0.2) is 12.5 Å². The lowest BCUT2D eigenvalue weighted by Gasteiger charge is -2.19. The van der Waals surface area contributed by atoms with Gasteiger partial charge in [0.15, 0.2) is 0 Å². The zero-order valence-electron chi connectivity index (χ0n) is 13.0. The number of carbonyl (C=O) groups excluding carboxylic acids is 1. The Bertz CT molecular complexity index is 422. The molecule has 0 spiro atoms. The molecule has 0 aliphatic rings. The molecular weight excluding hydrogens is 240 g/mol. The van der Waals surface area contributed by atoms with E-state index in [0.717, 1.165) is 25.0 Å². The van der Waals surface area contributed by atoms with Crippen molar-refractivity contribution in [3.05, 3.63) is 18.2 Å². The summed E-state index contributed by atoms with van der Waals surface area (Å²) in [6, 6.07) is 0. The Morgan fingerprint density at radius 2 is 1.89 bits per heavy atom. The van der Waals surface area contributed by atoms with Gasteiger partial charge in [-0.25, -0.2) is 14.3 Å². The molecule has 0 fully saturated rings. The van der Waals surface area contributed by atoms with Crippen LogP contribution in [0.3, 0.4) is 0 Å². The molecule has 0 amide bonds. The fourth-order valence-corrected chi connectivity index (χ4v) is 1.71. The number of imidazole rings is 1. The molecule has 0 N–H and O–H groups in total. The van der Waals surface area contributed by atoms with Gasteiger partial charge in [0.25, 0.3) is 0 Å². The van der Waals surface area contributed by atoms with Gasteiger partial charge in [-0.15, -0.1) is 0 Å². The van der Waals surface area contributed by atoms with Crippen LogP contribution in [-0.4, -0.2) is 21.2 Å². The highest BCUT2D eigenvalue weighted by Gasteiger charge is 2.18. The van der Waals surface area contributed by atoms with Gasteiger partial charge in [0.1, 0.15) is 11.9 Å². The fourth-order valence-electron chi connectivity index (χ4n) is 1.71. The lowest BCUT2D eigenvalue weighted by molar-refractivity contribution is 0.0536. The highest BCUT2D eigenvalue weighted by Crippen LogP contribution is 2.21. The van der Waals surface area contributed by atoms with Gasteiger partial charge in [0.05, 0.1) is 5.69 Å². The maximum atomic E-state index is 11.8. The number of hydrogen-bond donors (Lipinski definition) is 0. The van der Waals surface area contributed by atoms with Crippen molar-refractivity contribution in [1.29, 1.82) is 0 Å². The Kier molecular flexibility index (Phi) is 4.77. The molecule has 0 atom stereocenters. The van der Waals surface area contributed by atoms with Gasteiger partial charge in [0, 0.05) is 6.20 Å². The van der Waals surface area contributed by atoms with Crippen molar-refractivity contribution < 1.29 is 9.53 Å². The number of carbonyl (C=O) groups is 1. The second-order valence-corrected chi connectivity index (χ2v) is 7.17. The summed E-state index contributed by atoms with van der Waals surface area (Å²) in [6.07, 6.45) is 6.04. The van der Waals surface area contributed by atoms with E-state index in [2.05, 4.69) is 25.8 Å². The Morgan fingerprint density at radius 3 is 2.42 bits per heavy atom. The van der Waals surface area contributed by atoms with Crippen molar-refractivity contribution >= 4 is 6.09 Å². The SMILES string of the molecule is CC(C)(C)CCCc1cn(C(=O)OC(C)(C)C)cn1. The first-order valence-electron chi connectivity index (χ1n) is 6.83. The molecule has 0 radical (unpaired) electrons. The first-order chi connectivity index (χ1) is 8.57. The zero-order valence-corrected chi connectivity index (χ0v) is 13.0. The molecule has 0 aromatic carbocycles. The minimum absolute atomic E-state index is 0.341. The molecule has 0 unspecified atom stereocenters. The van der Waals surface area contributed by atoms with Crippen LogP contribution in [0.5, 0.6) is 0 Å². The lowest BCUT2D eigenvalue weighted by atomic mass is 9.89. The van der Waals surface area contributed by atoms with Gasteiger partial charge in [-0.1, -0.05) is 20.8 Å². The molecule has 0 aliphatic heterocycles.